The molecule has 6 heteroatoms. The SMILES string of the molecule is CCCCc1c(C=Cc2ccc(C)s2)nc2ccc(C(=O)O)cn2c1=O. The quantitative estimate of drug-likeness (QED) is 0.705. The second-order valence-corrected chi connectivity index (χ2v) is 7.44. The van der Waals surface area contributed by atoms with Crippen molar-refractivity contribution in [3.05, 3.63) is 67.4 Å². The molecule has 3 aromatic heterocycles. The molecule has 3 aromatic rings. The van der Waals surface area contributed by atoms with Gasteiger partial charge in [0.15, 0.2) is 0 Å². The third-order valence-electron chi connectivity index (χ3n) is 4.14. The first-order chi connectivity index (χ1) is 12.5. The minimum Gasteiger partial charge on any atom is -0.478 e. The van der Waals surface area contributed by atoms with Gasteiger partial charge in [-0.3, -0.25) is 9.20 Å². The first-order valence-corrected chi connectivity index (χ1v) is 9.34. The highest BCUT2D eigenvalue weighted by atomic mass is 32.1. The van der Waals surface area contributed by atoms with Crippen LogP contribution in [0.25, 0.3) is 17.8 Å². The molecule has 0 aromatic carbocycles. The molecular weight excluding hydrogens is 348 g/mol. The number of aromatic nitrogens is 2. The molecule has 0 unspecified atom stereocenters. The average Bonchev–Trinajstić information content (AvgIpc) is 3.04. The van der Waals surface area contributed by atoms with E-state index in [0.29, 0.717) is 23.3 Å². The zero-order valence-electron chi connectivity index (χ0n) is 14.7. The first kappa shape index (κ1) is 18.1. The first-order valence-electron chi connectivity index (χ1n) is 8.52. The van der Waals surface area contributed by atoms with E-state index in [-0.39, 0.29) is 11.1 Å². The standard InChI is InChI=1S/C20H20N2O3S/c1-3-4-5-16-17(10-9-15-8-6-13(2)26-15)21-18-11-7-14(20(24)25)12-22(18)19(16)23/h6-12H,3-5H2,1-2H3,(H,24,25). The monoisotopic (exact) mass is 368 g/mol. The van der Waals surface area contributed by atoms with Crippen LogP contribution in [-0.2, 0) is 6.42 Å². The van der Waals surface area contributed by atoms with Gasteiger partial charge in [-0.15, -0.1) is 11.3 Å². The maximum Gasteiger partial charge on any atom is 0.337 e. The third kappa shape index (κ3) is 3.75. The van der Waals surface area contributed by atoms with Gasteiger partial charge in [0.1, 0.15) is 5.65 Å². The van der Waals surface area contributed by atoms with Crippen molar-refractivity contribution in [3.8, 4) is 0 Å². The van der Waals surface area contributed by atoms with Crippen LogP contribution in [0.2, 0.25) is 0 Å². The summed E-state index contributed by atoms with van der Waals surface area (Å²) in [5, 5.41) is 9.17. The van der Waals surface area contributed by atoms with Crippen molar-refractivity contribution in [3.63, 3.8) is 0 Å². The predicted molar refractivity (Wildman–Crippen MR) is 105 cm³/mol. The van der Waals surface area contributed by atoms with Gasteiger partial charge in [-0.1, -0.05) is 13.3 Å². The number of rotatable bonds is 6. The summed E-state index contributed by atoms with van der Waals surface area (Å²) in [5.74, 6) is -1.06. The fraction of sp³-hybridized carbons (Fsp3) is 0.250. The van der Waals surface area contributed by atoms with Crippen LogP contribution >= 0.6 is 11.3 Å². The lowest BCUT2D eigenvalue weighted by atomic mass is 10.1. The van der Waals surface area contributed by atoms with Crippen LogP contribution in [0.5, 0.6) is 0 Å². The Hall–Kier alpha value is -2.73. The lowest BCUT2D eigenvalue weighted by molar-refractivity contribution is 0.0696. The number of carboxylic acid groups (broad SMARTS) is 1. The molecule has 3 rings (SSSR count). The molecule has 1 N–H and O–H groups in total. The van der Waals surface area contributed by atoms with E-state index in [9.17, 15) is 9.59 Å². The van der Waals surface area contributed by atoms with Crippen molar-refractivity contribution in [1.29, 1.82) is 0 Å². The number of carboxylic acids is 1. The number of fused-ring (bicyclic) bond motifs is 1. The number of unbranched alkanes of at least 4 members (excludes halogenated alkanes) is 1. The Balaban J connectivity index is 2.13. The molecular formula is C20H20N2O3S. The van der Waals surface area contributed by atoms with Crippen molar-refractivity contribution in [2.45, 2.75) is 33.1 Å². The van der Waals surface area contributed by atoms with Gasteiger partial charge in [0.25, 0.3) is 5.56 Å². The van der Waals surface area contributed by atoms with E-state index in [1.165, 1.54) is 21.5 Å². The number of carbonyl (C=O) groups is 1. The minimum absolute atomic E-state index is 0.0696. The highest BCUT2D eigenvalue weighted by Crippen LogP contribution is 2.19. The molecule has 134 valence electrons. The maximum absolute atomic E-state index is 12.9. The molecule has 0 saturated heterocycles. The lowest BCUT2D eigenvalue weighted by Crippen LogP contribution is -2.22. The summed E-state index contributed by atoms with van der Waals surface area (Å²) in [6, 6.07) is 7.13. The molecule has 0 aliphatic heterocycles. The third-order valence-corrected chi connectivity index (χ3v) is 5.11. The average molecular weight is 368 g/mol. The minimum atomic E-state index is -1.06. The lowest BCUT2D eigenvalue weighted by Gasteiger charge is -2.09. The number of aromatic carboxylic acids is 1. The molecule has 3 heterocycles. The highest BCUT2D eigenvalue weighted by Gasteiger charge is 2.13. The summed E-state index contributed by atoms with van der Waals surface area (Å²) in [4.78, 5) is 31.1. The summed E-state index contributed by atoms with van der Waals surface area (Å²) < 4.78 is 1.33. The summed E-state index contributed by atoms with van der Waals surface area (Å²) >= 11 is 1.68. The van der Waals surface area contributed by atoms with Crippen LogP contribution in [0.1, 0.15) is 51.1 Å². The van der Waals surface area contributed by atoms with Crippen LogP contribution in [-0.4, -0.2) is 20.5 Å². The van der Waals surface area contributed by atoms with Gasteiger partial charge in [-0.2, -0.15) is 0 Å². The van der Waals surface area contributed by atoms with Crippen molar-refractivity contribution < 1.29 is 9.90 Å². The Morgan fingerprint density at radius 1 is 1.27 bits per heavy atom. The molecule has 0 saturated carbocycles. The number of pyridine rings is 1. The Labute approximate surface area is 155 Å². The highest BCUT2D eigenvalue weighted by molar-refractivity contribution is 7.12. The number of hydrogen-bond acceptors (Lipinski definition) is 4. The summed E-state index contributed by atoms with van der Waals surface area (Å²) in [7, 11) is 0. The molecule has 26 heavy (non-hydrogen) atoms. The molecule has 0 aliphatic carbocycles. The zero-order chi connectivity index (χ0) is 18.7. The molecule has 0 amide bonds. The second-order valence-electron chi connectivity index (χ2n) is 6.12. The molecule has 0 radical (unpaired) electrons. The molecule has 0 fully saturated rings. The van der Waals surface area contributed by atoms with E-state index in [0.717, 1.165) is 17.7 Å². The zero-order valence-corrected chi connectivity index (χ0v) is 15.5. The van der Waals surface area contributed by atoms with E-state index in [2.05, 4.69) is 24.9 Å². The Kier molecular flexibility index (Phi) is 5.32. The van der Waals surface area contributed by atoms with E-state index in [4.69, 9.17) is 5.11 Å². The fourth-order valence-electron chi connectivity index (χ4n) is 2.75. The molecule has 0 spiro atoms. The number of nitrogens with zero attached hydrogens (tertiary/aromatic N) is 2. The normalized spacial score (nSPS) is 11.5. The Bertz CT molecular complexity index is 1050. The molecule has 0 atom stereocenters. The van der Waals surface area contributed by atoms with E-state index in [1.54, 1.807) is 17.4 Å². The molecule has 0 bridgehead atoms. The van der Waals surface area contributed by atoms with Crippen LogP contribution in [0, 0.1) is 6.92 Å². The van der Waals surface area contributed by atoms with Crippen LogP contribution in [0.3, 0.4) is 0 Å². The number of aryl methyl sites for hydroxylation is 1. The summed E-state index contributed by atoms with van der Waals surface area (Å²) in [6.07, 6.45) is 7.65. The van der Waals surface area contributed by atoms with Crippen molar-refractivity contribution >= 4 is 35.1 Å². The molecule has 5 nitrogen and oxygen atoms in total. The van der Waals surface area contributed by atoms with Crippen molar-refractivity contribution in [2.24, 2.45) is 0 Å². The number of hydrogen-bond donors (Lipinski definition) is 1. The van der Waals surface area contributed by atoms with Crippen LogP contribution in [0.15, 0.2) is 35.3 Å². The fourth-order valence-corrected chi connectivity index (χ4v) is 3.53. The van der Waals surface area contributed by atoms with Crippen molar-refractivity contribution in [2.75, 3.05) is 0 Å². The maximum atomic E-state index is 12.9. The van der Waals surface area contributed by atoms with Gasteiger partial charge in [0.05, 0.1) is 11.3 Å². The van der Waals surface area contributed by atoms with Gasteiger partial charge in [-0.05, 0) is 56.2 Å². The molecule has 0 aliphatic rings. The summed E-state index contributed by atoms with van der Waals surface area (Å²) in [5.41, 5.74) is 1.59. The van der Waals surface area contributed by atoms with Crippen LogP contribution in [0.4, 0.5) is 0 Å². The number of thiophene rings is 1. The van der Waals surface area contributed by atoms with Gasteiger partial charge < -0.3 is 5.11 Å². The van der Waals surface area contributed by atoms with Crippen molar-refractivity contribution in [1.82, 2.24) is 9.38 Å². The van der Waals surface area contributed by atoms with Gasteiger partial charge in [0, 0.05) is 21.5 Å². The second kappa shape index (κ2) is 7.66. The van der Waals surface area contributed by atoms with E-state index >= 15 is 0 Å². The van der Waals surface area contributed by atoms with Gasteiger partial charge >= 0.3 is 5.97 Å². The predicted octanol–water partition coefficient (Wildman–Crippen LogP) is 4.28. The van der Waals surface area contributed by atoms with Gasteiger partial charge in [-0.25, -0.2) is 9.78 Å². The van der Waals surface area contributed by atoms with Crippen LogP contribution < -0.4 is 5.56 Å². The Morgan fingerprint density at radius 3 is 2.73 bits per heavy atom. The summed E-state index contributed by atoms with van der Waals surface area (Å²) in [6.45, 7) is 4.12. The largest absolute Gasteiger partial charge is 0.478 e. The van der Waals surface area contributed by atoms with E-state index in [1.807, 2.05) is 18.2 Å². The topological polar surface area (TPSA) is 71.7 Å². The van der Waals surface area contributed by atoms with Gasteiger partial charge in [0.2, 0.25) is 0 Å². The van der Waals surface area contributed by atoms with E-state index < -0.39 is 5.97 Å². The Morgan fingerprint density at radius 2 is 2.08 bits per heavy atom. The smallest absolute Gasteiger partial charge is 0.337 e.